The number of carbonyl (C=O) groups is 2. The minimum absolute atomic E-state index is 0.0567. The van der Waals surface area contributed by atoms with E-state index in [0.29, 0.717) is 12.8 Å². The molecular formula is C20H28O5. The molecule has 2 bridgehead atoms. The predicted molar refractivity (Wildman–Crippen MR) is 90.5 cm³/mol. The molecule has 0 aromatic rings. The van der Waals surface area contributed by atoms with E-state index >= 15 is 0 Å². The second-order valence-electron chi connectivity index (χ2n) is 9.48. The van der Waals surface area contributed by atoms with Crippen LogP contribution in [0.15, 0.2) is 12.2 Å². The van der Waals surface area contributed by atoms with Crippen LogP contribution in [0.2, 0.25) is 0 Å². The van der Waals surface area contributed by atoms with E-state index in [9.17, 15) is 24.9 Å². The highest BCUT2D eigenvalue weighted by atomic mass is 16.3. The lowest BCUT2D eigenvalue weighted by molar-refractivity contribution is -0.232. The lowest BCUT2D eigenvalue weighted by Crippen LogP contribution is -2.70. The molecular weight excluding hydrogens is 320 g/mol. The molecule has 0 aromatic carbocycles. The number of fused-ring (bicyclic) bond motifs is 3. The number of Topliss-reactive ketones (excluding diaryl/α,β-unsaturated/α-hetero) is 2. The average molecular weight is 348 g/mol. The van der Waals surface area contributed by atoms with Gasteiger partial charge in [-0.25, -0.2) is 0 Å². The van der Waals surface area contributed by atoms with E-state index in [1.54, 1.807) is 0 Å². The van der Waals surface area contributed by atoms with Gasteiger partial charge in [0.1, 0.15) is 5.78 Å². The Morgan fingerprint density at radius 2 is 1.88 bits per heavy atom. The van der Waals surface area contributed by atoms with Crippen molar-refractivity contribution in [3.8, 4) is 0 Å². The first-order valence-corrected chi connectivity index (χ1v) is 9.38. The zero-order valence-corrected chi connectivity index (χ0v) is 15.0. The number of ketones is 2. The summed E-state index contributed by atoms with van der Waals surface area (Å²) in [7, 11) is 0. The first-order chi connectivity index (χ1) is 11.6. The third kappa shape index (κ3) is 1.75. The second kappa shape index (κ2) is 5.02. The van der Waals surface area contributed by atoms with Gasteiger partial charge in [0.25, 0.3) is 0 Å². The number of aliphatic hydroxyl groups is 3. The van der Waals surface area contributed by atoms with Crippen molar-refractivity contribution in [2.24, 2.45) is 34.0 Å². The quantitative estimate of drug-likeness (QED) is 0.620. The Morgan fingerprint density at radius 3 is 2.52 bits per heavy atom. The van der Waals surface area contributed by atoms with Gasteiger partial charge in [0.15, 0.2) is 5.78 Å². The van der Waals surface area contributed by atoms with Gasteiger partial charge in [-0.3, -0.25) is 9.59 Å². The van der Waals surface area contributed by atoms with Gasteiger partial charge in [-0.15, -0.1) is 0 Å². The van der Waals surface area contributed by atoms with Crippen molar-refractivity contribution in [3.63, 3.8) is 0 Å². The van der Waals surface area contributed by atoms with Crippen molar-refractivity contribution >= 4 is 11.6 Å². The van der Waals surface area contributed by atoms with Crippen LogP contribution in [-0.2, 0) is 9.59 Å². The van der Waals surface area contributed by atoms with Crippen LogP contribution in [0.5, 0.6) is 0 Å². The smallest absolute Gasteiger partial charge is 0.170 e. The summed E-state index contributed by atoms with van der Waals surface area (Å²) >= 11 is 0. The number of hydrogen-bond acceptors (Lipinski definition) is 5. The summed E-state index contributed by atoms with van der Waals surface area (Å²) in [6, 6.07) is 0. The molecule has 4 rings (SSSR count). The van der Waals surface area contributed by atoms with Crippen LogP contribution in [-0.4, -0.2) is 45.7 Å². The van der Waals surface area contributed by atoms with Crippen molar-refractivity contribution < 1.29 is 24.9 Å². The summed E-state index contributed by atoms with van der Waals surface area (Å²) in [6.07, 6.45) is 0.743. The van der Waals surface area contributed by atoms with E-state index in [1.165, 1.54) is 0 Å². The number of rotatable bonds is 1. The van der Waals surface area contributed by atoms with Crippen LogP contribution in [0.1, 0.15) is 46.0 Å². The van der Waals surface area contributed by atoms with Gasteiger partial charge >= 0.3 is 0 Å². The highest BCUT2D eigenvalue weighted by Crippen LogP contribution is 2.70. The largest absolute Gasteiger partial charge is 0.396 e. The lowest BCUT2D eigenvalue weighted by Gasteiger charge is -2.64. The van der Waals surface area contributed by atoms with E-state index in [2.05, 4.69) is 20.4 Å². The number of aliphatic hydroxyl groups excluding tert-OH is 3. The van der Waals surface area contributed by atoms with Crippen LogP contribution in [0.25, 0.3) is 0 Å². The molecule has 4 saturated carbocycles. The molecule has 0 radical (unpaired) electrons. The standard InChI is InChI=1S/C20H28O5/c1-10-11-7-12(22)15-19(9-21)6-4-5-18(2,3)13(19)8-14(23)20(15,16(10)24)17(11)25/h11,13-15,17,21,23,25H,1,4-9H2,2-3H3/t11?,13-,14?,15+,17?,19?,20?/m1/s1. The Balaban J connectivity index is 1.96. The Morgan fingerprint density at radius 1 is 1.20 bits per heavy atom. The van der Waals surface area contributed by atoms with E-state index in [-0.39, 0.29) is 41.5 Å². The molecule has 5 unspecified atom stereocenters. The summed E-state index contributed by atoms with van der Waals surface area (Å²) in [5.74, 6) is -1.93. The summed E-state index contributed by atoms with van der Waals surface area (Å²) < 4.78 is 0. The van der Waals surface area contributed by atoms with Gasteiger partial charge in [0, 0.05) is 30.3 Å². The van der Waals surface area contributed by atoms with E-state index in [4.69, 9.17) is 0 Å². The molecule has 0 amide bonds. The second-order valence-corrected chi connectivity index (χ2v) is 9.48. The Hall–Kier alpha value is -1.04. The van der Waals surface area contributed by atoms with Crippen LogP contribution >= 0.6 is 0 Å². The normalized spacial score (nSPS) is 51.2. The van der Waals surface area contributed by atoms with Gasteiger partial charge < -0.3 is 15.3 Å². The number of carbonyl (C=O) groups excluding carboxylic acids is 2. The molecule has 7 atom stereocenters. The van der Waals surface area contributed by atoms with E-state index in [1.807, 2.05) is 0 Å². The van der Waals surface area contributed by atoms with Crippen LogP contribution in [0.3, 0.4) is 0 Å². The van der Waals surface area contributed by atoms with E-state index in [0.717, 1.165) is 12.8 Å². The zero-order valence-electron chi connectivity index (χ0n) is 15.0. The molecule has 5 heteroatoms. The van der Waals surface area contributed by atoms with Crippen LogP contribution < -0.4 is 0 Å². The zero-order chi connectivity index (χ0) is 18.4. The highest BCUT2D eigenvalue weighted by Gasteiger charge is 2.76. The molecule has 4 aliphatic rings. The molecule has 0 aromatic heterocycles. The van der Waals surface area contributed by atoms with Crippen molar-refractivity contribution in [2.75, 3.05) is 6.61 Å². The lowest BCUT2D eigenvalue weighted by atomic mass is 9.39. The summed E-state index contributed by atoms with van der Waals surface area (Å²) in [5, 5.41) is 32.5. The molecule has 1 spiro atoms. The Labute approximate surface area is 148 Å². The first-order valence-electron chi connectivity index (χ1n) is 9.38. The summed E-state index contributed by atoms with van der Waals surface area (Å²) in [4.78, 5) is 26.3. The maximum atomic E-state index is 13.2. The molecule has 0 saturated heterocycles. The fourth-order valence-corrected chi connectivity index (χ4v) is 7.18. The fraction of sp³-hybridized carbons (Fsp3) is 0.800. The van der Waals surface area contributed by atoms with Crippen LogP contribution in [0, 0.1) is 34.0 Å². The average Bonchev–Trinajstić information content (AvgIpc) is 2.67. The number of hydrogen-bond donors (Lipinski definition) is 3. The van der Waals surface area contributed by atoms with E-state index < -0.39 is 34.9 Å². The maximum Gasteiger partial charge on any atom is 0.170 e. The van der Waals surface area contributed by atoms with Crippen molar-refractivity contribution in [1.82, 2.24) is 0 Å². The summed E-state index contributed by atoms with van der Waals surface area (Å²) in [5.41, 5.74) is -2.12. The predicted octanol–water partition coefficient (Wildman–Crippen LogP) is 1.25. The van der Waals surface area contributed by atoms with Gasteiger partial charge in [0.2, 0.25) is 0 Å². The fourth-order valence-electron chi connectivity index (χ4n) is 7.18. The minimum Gasteiger partial charge on any atom is -0.396 e. The third-order valence-electron chi connectivity index (χ3n) is 8.20. The molecule has 0 heterocycles. The minimum atomic E-state index is -1.51. The monoisotopic (exact) mass is 348 g/mol. The van der Waals surface area contributed by atoms with Gasteiger partial charge in [-0.2, -0.15) is 0 Å². The first kappa shape index (κ1) is 17.4. The highest BCUT2D eigenvalue weighted by molar-refractivity contribution is 6.09. The molecule has 25 heavy (non-hydrogen) atoms. The molecule has 138 valence electrons. The van der Waals surface area contributed by atoms with Gasteiger partial charge in [0.05, 0.1) is 17.6 Å². The Kier molecular flexibility index (Phi) is 3.49. The van der Waals surface area contributed by atoms with Crippen molar-refractivity contribution in [3.05, 3.63) is 12.2 Å². The molecule has 4 fully saturated rings. The van der Waals surface area contributed by atoms with Gasteiger partial charge in [-0.05, 0) is 36.2 Å². The molecule has 5 nitrogen and oxygen atoms in total. The molecule has 0 aliphatic heterocycles. The third-order valence-corrected chi connectivity index (χ3v) is 8.20. The Bertz CT molecular complexity index is 667. The SMILES string of the molecule is C=C1C(=O)C23C(O)C[C@@H]4C(C)(C)CCCC4(CO)[C@@H]2C(=O)CC1C3O. The summed E-state index contributed by atoms with van der Waals surface area (Å²) in [6.45, 7) is 7.88. The van der Waals surface area contributed by atoms with Gasteiger partial charge in [-0.1, -0.05) is 26.8 Å². The van der Waals surface area contributed by atoms with Crippen molar-refractivity contribution in [2.45, 2.75) is 58.2 Å². The molecule has 3 N–H and O–H groups in total. The topological polar surface area (TPSA) is 94.8 Å². The molecule has 4 aliphatic carbocycles. The van der Waals surface area contributed by atoms with Crippen molar-refractivity contribution in [1.29, 1.82) is 0 Å². The maximum absolute atomic E-state index is 13.2. The van der Waals surface area contributed by atoms with Crippen LogP contribution in [0.4, 0.5) is 0 Å².